The summed E-state index contributed by atoms with van der Waals surface area (Å²) in [7, 11) is 0. The molecule has 1 N–H and O–H groups in total. The summed E-state index contributed by atoms with van der Waals surface area (Å²) in [6, 6.07) is 14.4. The maximum atomic E-state index is 13.1. The van der Waals surface area contributed by atoms with E-state index in [4.69, 9.17) is 16.3 Å². The zero-order valence-corrected chi connectivity index (χ0v) is 18.9. The molecule has 0 spiro atoms. The topological polar surface area (TPSA) is 58.6 Å². The summed E-state index contributed by atoms with van der Waals surface area (Å²) in [5.74, 6) is 0.655. The molecule has 0 unspecified atom stereocenters. The molecule has 0 bridgehead atoms. The number of hydrogen-bond acceptors (Lipinski definition) is 3. The van der Waals surface area contributed by atoms with Gasteiger partial charge in [0.2, 0.25) is 5.91 Å². The molecule has 2 aromatic rings. The van der Waals surface area contributed by atoms with Gasteiger partial charge in [-0.1, -0.05) is 56.6 Å². The Labute approximate surface area is 184 Å². The number of likely N-dealkylation sites (N-methyl/N-ethyl adjacent to an activating group) is 1. The summed E-state index contributed by atoms with van der Waals surface area (Å²) in [6.07, 6.45) is 0.508. The number of carbonyl (C=O) groups excluding carboxylic acids is 2. The lowest BCUT2D eigenvalue weighted by atomic mass is 10.0. The lowest BCUT2D eigenvalue weighted by Gasteiger charge is -2.30. The molecule has 5 nitrogen and oxygen atoms in total. The van der Waals surface area contributed by atoms with Gasteiger partial charge in [-0.2, -0.15) is 0 Å². The van der Waals surface area contributed by atoms with Crippen LogP contribution in [-0.2, 0) is 16.1 Å². The molecule has 30 heavy (non-hydrogen) atoms. The van der Waals surface area contributed by atoms with Crippen molar-refractivity contribution in [2.75, 3.05) is 13.2 Å². The molecule has 0 radical (unpaired) electrons. The number of ether oxygens (including phenoxy) is 1. The highest BCUT2D eigenvalue weighted by Gasteiger charge is 2.28. The van der Waals surface area contributed by atoms with Crippen molar-refractivity contribution in [1.82, 2.24) is 10.2 Å². The fourth-order valence-electron chi connectivity index (χ4n) is 3.17. The van der Waals surface area contributed by atoms with Gasteiger partial charge < -0.3 is 15.0 Å². The van der Waals surface area contributed by atoms with Gasteiger partial charge in [0, 0.05) is 18.1 Å². The molecule has 0 aliphatic rings. The summed E-state index contributed by atoms with van der Waals surface area (Å²) >= 11 is 5.98. The number of amides is 2. The van der Waals surface area contributed by atoms with E-state index in [0.29, 0.717) is 36.2 Å². The largest absolute Gasteiger partial charge is 0.484 e. The summed E-state index contributed by atoms with van der Waals surface area (Å²) < 4.78 is 5.73. The summed E-state index contributed by atoms with van der Waals surface area (Å²) in [5, 5.41) is 3.45. The van der Waals surface area contributed by atoms with E-state index in [0.717, 1.165) is 5.56 Å². The van der Waals surface area contributed by atoms with Crippen LogP contribution >= 0.6 is 11.6 Å². The highest BCUT2D eigenvalue weighted by Crippen LogP contribution is 2.19. The Morgan fingerprint density at radius 2 is 1.67 bits per heavy atom. The number of carbonyl (C=O) groups is 2. The summed E-state index contributed by atoms with van der Waals surface area (Å²) in [6.45, 7) is 8.69. The van der Waals surface area contributed by atoms with Crippen molar-refractivity contribution in [3.8, 4) is 5.75 Å². The summed E-state index contributed by atoms with van der Waals surface area (Å²) in [4.78, 5) is 27.2. The lowest BCUT2D eigenvalue weighted by Crippen LogP contribution is -2.50. The second-order valence-electron chi connectivity index (χ2n) is 7.48. The van der Waals surface area contributed by atoms with Crippen LogP contribution in [0.3, 0.4) is 0 Å². The minimum absolute atomic E-state index is 0.134. The van der Waals surface area contributed by atoms with Gasteiger partial charge >= 0.3 is 0 Å². The highest BCUT2D eigenvalue weighted by atomic mass is 35.5. The SMILES string of the molecule is CCNC(=O)[C@@H](CC)N(Cc1ccc(Cl)cc1)C(=O)COc1ccc(C(C)C)cc1. The fraction of sp³-hybridized carbons (Fsp3) is 0.417. The van der Waals surface area contributed by atoms with Gasteiger partial charge in [0.05, 0.1) is 0 Å². The molecule has 0 fully saturated rings. The van der Waals surface area contributed by atoms with Crippen molar-refractivity contribution in [2.45, 2.75) is 52.6 Å². The Morgan fingerprint density at radius 3 is 2.20 bits per heavy atom. The van der Waals surface area contributed by atoms with Crippen molar-refractivity contribution in [2.24, 2.45) is 0 Å². The molecule has 0 heterocycles. The maximum Gasteiger partial charge on any atom is 0.261 e. The molecule has 6 heteroatoms. The standard InChI is InChI=1S/C24H31ClN2O3/c1-5-22(24(29)26-6-2)27(15-18-7-11-20(25)12-8-18)23(28)16-30-21-13-9-19(10-14-21)17(3)4/h7-14,17,22H,5-6,15-16H2,1-4H3,(H,26,29)/t22-/m1/s1. The Hall–Kier alpha value is -2.53. The van der Waals surface area contributed by atoms with Crippen LogP contribution in [0.15, 0.2) is 48.5 Å². The second kappa shape index (κ2) is 11.6. The number of benzene rings is 2. The van der Waals surface area contributed by atoms with Crippen molar-refractivity contribution in [3.63, 3.8) is 0 Å². The molecule has 1 atom stereocenters. The molecular formula is C24H31ClN2O3. The third kappa shape index (κ3) is 6.77. The number of halogens is 1. The third-order valence-electron chi connectivity index (χ3n) is 4.91. The number of nitrogens with one attached hydrogen (secondary N) is 1. The van der Waals surface area contributed by atoms with Crippen LogP contribution in [0.5, 0.6) is 5.75 Å². The molecule has 0 aromatic heterocycles. The first kappa shape index (κ1) is 23.7. The first-order valence-corrected chi connectivity index (χ1v) is 10.8. The van der Waals surface area contributed by atoms with Crippen molar-refractivity contribution in [3.05, 3.63) is 64.7 Å². The third-order valence-corrected chi connectivity index (χ3v) is 5.16. The average Bonchev–Trinajstić information content (AvgIpc) is 2.73. The second-order valence-corrected chi connectivity index (χ2v) is 7.92. The van der Waals surface area contributed by atoms with Gasteiger partial charge in [-0.05, 0) is 54.7 Å². The Bertz CT molecular complexity index is 819. The highest BCUT2D eigenvalue weighted by molar-refractivity contribution is 6.30. The van der Waals surface area contributed by atoms with E-state index in [1.807, 2.05) is 50.2 Å². The number of hydrogen-bond donors (Lipinski definition) is 1. The fourth-order valence-corrected chi connectivity index (χ4v) is 3.30. The molecule has 2 amide bonds. The minimum Gasteiger partial charge on any atom is -0.484 e. The van der Waals surface area contributed by atoms with Crippen LogP contribution in [0.1, 0.15) is 51.2 Å². The molecule has 2 rings (SSSR count). The van der Waals surface area contributed by atoms with Crippen molar-refractivity contribution >= 4 is 23.4 Å². The van der Waals surface area contributed by atoms with E-state index in [2.05, 4.69) is 19.2 Å². The van der Waals surface area contributed by atoms with Gasteiger partial charge in [0.25, 0.3) is 5.91 Å². The van der Waals surface area contributed by atoms with E-state index in [9.17, 15) is 9.59 Å². The minimum atomic E-state index is -0.569. The van der Waals surface area contributed by atoms with E-state index in [1.165, 1.54) is 5.56 Å². The van der Waals surface area contributed by atoms with E-state index in [-0.39, 0.29) is 18.4 Å². The maximum absolute atomic E-state index is 13.1. The molecule has 0 aliphatic carbocycles. The molecular weight excluding hydrogens is 400 g/mol. The smallest absolute Gasteiger partial charge is 0.261 e. The molecule has 162 valence electrons. The Balaban J connectivity index is 2.15. The van der Waals surface area contributed by atoms with E-state index < -0.39 is 6.04 Å². The lowest BCUT2D eigenvalue weighted by molar-refractivity contribution is -0.142. The van der Waals surface area contributed by atoms with Crippen LogP contribution in [0.2, 0.25) is 5.02 Å². The van der Waals surface area contributed by atoms with Gasteiger partial charge in [-0.25, -0.2) is 0 Å². The molecule has 0 saturated heterocycles. The first-order chi connectivity index (χ1) is 14.3. The predicted molar refractivity (Wildman–Crippen MR) is 121 cm³/mol. The predicted octanol–water partition coefficient (Wildman–Crippen LogP) is 4.79. The summed E-state index contributed by atoms with van der Waals surface area (Å²) in [5.41, 5.74) is 2.11. The van der Waals surface area contributed by atoms with Crippen LogP contribution < -0.4 is 10.1 Å². The molecule has 0 aliphatic heterocycles. The van der Waals surface area contributed by atoms with Crippen LogP contribution in [0.4, 0.5) is 0 Å². The molecule has 2 aromatic carbocycles. The van der Waals surface area contributed by atoms with Gasteiger partial charge in [0.15, 0.2) is 6.61 Å². The zero-order chi connectivity index (χ0) is 22.1. The zero-order valence-electron chi connectivity index (χ0n) is 18.2. The molecule has 0 saturated carbocycles. The van der Waals surface area contributed by atoms with Gasteiger partial charge in [-0.15, -0.1) is 0 Å². The quantitative estimate of drug-likeness (QED) is 0.589. The van der Waals surface area contributed by atoms with Crippen molar-refractivity contribution < 1.29 is 14.3 Å². The Morgan fingerprint density at radius 1 is 1.03 bits per heavy atom. The van der Waals surface area contributed by atoms with Crippen LogP contribution in [0.25, 0.3) is 0 Å². The van der Waals surface area contributed by atoms with Crippen molar-refractivity contribution in [1.29, 1.82) is 0 Å². The Kier molecular flexibility index (Phi) is 9.18. The monoisotopic (exact) mass is 430 g/mol. The van der Waals surface area contributed by atoms with Crippen LogP contribution in [0, 0.1) is 0 Å². The van der Waals surface area contributed by atoms with E-state index >= 15 is 0 Å². The first-order valence-electron chi connectivity index (χ1n) is 10.4. The normalized spacial score (nSPS) is 11.8. The number of rotatable bonds is 10. The van der Waals surface area contributed by atoms with Gasteiger partial charge in [0.1, 0.15) is 11.8 Å². The van der Waals surface area contributed by atoms with E-state index in [1.54, 1.807) is 17.0 Å². The average molecular weight is 431 g/mol. The van der Waals surface area contributed by atoms with Crippen LogP contribution in [-0.4, -0.2) is 35.9 Å². The number of nitrogens with zero attached hydrogens (tertiary/aromatic N) is 1. The van der Waals surface area contributed by atoms with Gasteiger partial charge in [-0.3, -0.25) is 9.59 Å².